The van der Waals surface area contributed by atoms with Crippen LogP contribution in [0.25, 0.3) is 0 Å². The summed E-state index contributed by atoms with van der Waals surface area (Å²) in [5, 5.41) is 7.38. The Balaban J connectivity index is 2.01. The number of hydrogen-bond donors (Lipinski definition) is 0. The lowest BCUT2D eigenvalue weighted by molar-refractivity contribution is -0.132. The molecule has 1 spiro atoms. The normalized spacial score (nSPS) is 22.6. The Bertz CT molecular complexity index is 822. The third-order valence-corrected chi connectivity index (χ3v) is 4.39. The number of halogens is 2. The van der Waals surface area contributed by atoms with Crippen LogP contribution < -0.4 is 4.90 Å². The molecule has 2 heterocycles. The van der Waals surface area contributed by atoms with Crippen LogP contribution in [0.5, 0.6) is 0 Å². The average Bonchev–Trinajstić information content (AvgIpc) is 3.04. The molecule has 0 radical (unpaired) electrons. The van der Waals surface area contributed by atoms with E-state index in [1.807, 2.05) is 0 Å². The first kappa shape index (κ1) is 17.3. The fraction of sp³-hybridized carbons (Fsp3) is 0.286. The molecule has 0 aliphatic carbocycles. The van der Waals surface area contributed by atoms with Crippen LogP contribution >= 0.6 is 23.2 Å². The van der Waals surface area contributed by atoms with Gasteiger partial charge in [-0.15, -0.1) is 15.1 Å². The number of ether oxygens (including phenoxy) is 1. The second-order valence-electron chi connectivity index (χ2n) is 5.46. The van der Waals surface area contributed by atoms with Gasteiger partial charge in [0.2, 0.25) is 5.91 Å². The minimum atomic E-state index is -1.70. The number of carbonyl (C=O) groups is 3. The lowest BCUT2D eigenvalue weighted by Crippen LogP contribution is -2.48. The van der Waals surface area contributed by atoms with Gasteiger partial charge in [-0.1, -0.05) is 23.2 Å². The zero-order chi connectivity index (χ0) is 18.4. The van der Waals surface area contributed by atoms with E-state index in [0.29, 0.717) is 5.12 Å². The molecule has 1 atom stereocenters. The van der Waals surface area contributed by atoms with Gasteiger partial charge in [0.05, 0.1) is 24.5 Å². The molecule has 1 fully saturated rings. The van der Waals surface area contributed by atoms with Gasteiger partial charge in [-0.25, -0.2) is 9.69 Å². The number of nitroso groups, excluding NO2 is 1. The number of hydrogen-bond acceptors (Lipinski definition) is 7. The van der Waals surface area contributed by atoms with Crippen LogP contribution in [0, 0.1) is 4.91 Å². The Morgan fingerprint density at radius 2 is 1.88 bits per heavy atom. The molecule has 0 aromatic heterocycles. The highest BCUT2D eigenvalue weighted by atomic mass is 35.5. The predicted molar refractivity (Wildman–Crippen MR) is 88.0 cm³/mol. The summed E-state index contributed by atoms with van der Waals surface area (Å²) in [5.41, 5.74) is -1.71. The van der Waals surface area contributed by atoms with Gasteiger partial charge in [0.15, 0.2) is 11.3 Å². The summed E-state index contributed by atoms with van der Waals surface area (Å²) in [5.74, 6) is -2.16. The zero-order valence-electron chi connectivity index (χ0n) is 12.7. The van der Waals surface area contributed by atoms with Crippen molar-refractivity contribution in [1.82, 2.24) is 5.12 Å². The third kappa shape index (κ3) is 2.65. The van der Waals surface area contributed by atoms with E-state index in [1.54, 1.807) is 0 Å². The van der Waals surface area contributed by atoms with Gasteiger partial charge in [-0.3, -0.25) is 9.59 Å². The monoisotopic (exact) mass is 384 g/mol. The highest BCUT2D eigenvalue weighted by molar-refractivity contribution is 6.39. The molecule has 2 aliphatic heterocycles. The maximum absolute atomic E-state index is 12.9. The first-order valence-electron chi connectivity index (χ1n) is 6.95. The maximum atomic E-state index is 12.9. The fourth-order valence-electron chi connectivity index (χ4n) is 2.87. The zero-order valence-corrected chi connectivity index (χ0v) is 14.2. The number of carbonyl (C=O) groups excluding carboxylic acids is 3. The van der Waals surface area contributed by atoms with E-state index in [-0.39, 0.29) is 34.3 Å². The van der Waals surface area contributed by atoms with Gasteiger partial charge >= 0.3 is 5.97 Å². The highest BCUT2D eigenvalue weighted by Gasteiger charge is 2.61. The molecule has 2 amide bonds. The van der Waals surface area contributed by atoms with Crippen LogP contribution in [-0.4, -0.2) is 41.3 Å². The van der Waals surface area contributed by atoms with Gasteiger partial charge in [0, 0.05) is 16.5 Å². The Hall–Kier alpha value is -2.52. The van der Waals surface area contributed by atoms with Gasteiger partial charge in [0.1, 0.15) is 0 Å². The van der Waals surface area contributed by atoms with Crippen molar-refractivity contribution in [3.63, 3.8) is 0 Å². The predicted octanol–water partition coefficient (Wildman–Crippen LogP) is 1.91. The summed E-state index contributed by atoms with van der Waals surface area (Å²) in [6.07, 6.45) is -0.660. The Labute approximate surface area is 151 Å². The molecule has 25 heavy (non-hydrogen) atoms. The standard InChI is InChI=1S/C14H10Cl2N4O5/c1-25-12(22)10-5-14(20(17-10)18-24)6-11(21)19(13(14)23)9-3-7(15)2-8(16)4-9/h2-4H,5-6H2,1H3. The number of methoxy groups -OCH3 is 1. The van der Waals surface area contributed by atoms with Crippen LogP contribution in [0.1, 0.15) is 12.8 Å². The van der Waals surface area contributed by atoms with Crippen molar-refractivity contribution >= 4 is 52.4 Å². The number of benzene rings is 1. The molecule has 1 saturated heterocycles. The van der Waals surface area contributed by atoms with Crippen LogP contribution in [0.3, 0.4) is 0 Å². The molecule has 1 unspecified atom stereocenters. The minimum Gasteiger partial charge on any atom is -0.464 e. The van der Waals surface area contributed by atoms with E-state index in [1.165, 1.54) is 18.2 Å². The first-order chi connectivity index (χ1) is 11.8. The smallest absolute Gasteiger partial charge is 0.354 e. The quantitative estimate of drug-likeness (QED) is 0.447. The van der Waals surface area contributed by atoms with Gasteiger partial charge in [-0.05, 0) is 18.2 Å². The molecule has 0 saturated carbocycles. The largest absolute Gasteiger partial charge is 0.464 e. The summed E-state index contributed by atoms with van der Waals surface area (Å²) in [4.78, 5) is 49.0. The van der Waals surface area contributed by atoms with Crippen LogP contribution in [-0.2, 0) is 19.1 Å². The van der Waals surface area contributed by atoms with Crippen LogP contribution in [0.2, 0.25) is 10.0 Å². The van der Waals surface area contributed by atoms with Gasteiger partial charge < -0.3 is 4.74 Å². The molecular formula is C14H10Cl2N4O5. The second kappa shape index (κ2) is 6.08. The van der Waals surface area contributed by atoms with E-state index in [2.05, 4.69) is 15.1 Å². The number of amides is 2. The molecule has 9 nitrogen and oxygen atoms in total. The topological polar surface area (TPSA) is 109 Å². The van der Waals surface area contributed by atoms with E-state index in [0.717, 1.165) is 12.0 Å². The molecule has 3 rings (SSSR count). The van der Waals surface area contributed by atoms with E-state index in [4.69, 9.17) is 23.2 Å². The fourth-order valence-corrected chi connectivity index (χ4v) is 3.39. The third-order valence-electron chi connectivity index (χ3n) is 3.96. The number of imide groups is 1. The molecule has 1 aromatic carbocycles. The van der Waals surface area contributed by atoms with Gasteiger partial charge in [0.25, 0.3) is 5.91 Å². The molecular weight excluding hydrogens is 375 g/mol. The van der Waals surface area contributed by atoms with E-state index < -0.39 is 23.3 Å². The SMILES string of the molecule is COC(=O)C1=NN(N=O)C2(CC(=O)N(c3cc(Cl)cc(Cl)c3)C2=O)C1. The first-order valence-corrected chi connectivity index (χ1v) is 7.71. The molecule has 0 bridgehead atoms. The number of nitrogens with zero attached hydrogens (tertiary/aromatic N) is 4. The summed E-state index contributed by atoms with van der Waals surface area (Å²) >= 11 is 11.8. The Morgan fingerprint density at radius 1 is 1.24 bits per heavy atom. The highest BCUT2D eigenvalue weighted by Crippen LogP contribution is 2.41. The number of rotatable bonds is 3. The summed E-state index contributed by atoms with van der Waals surface area (Å²) < 4.78 is 4.55. The summed E-state index contributed by atoms with van der Waals surface area (Å²) in [7, 11) is 1.14. The van der Waals surface area contributed by atoms with Crippen LogP contribution in [0.4, 0.5) is 5.69 Å². The number of hydrazone groups is 1. The number of esters is 1. The van der Waals surface area contributed by atoms with E-state index in [9.17, 15) is 19.3 Å². The minimum absolute atomic E-state index is 0.154. The Morgan fingerprint density at radius 3 is 2.44 bits per heavy atom. The molecule has 11 heteroatoms. The van der Waals surface area contributed by atoms with Crippen molar-refractivity contribution in [1.29, 1.82) is 0 Å². The lowest BCUT2D eigenvalue weighted by Gasteiger charge is -2.24. The summed E-state index contributed by atoms with van der Waals surface area (Å²) in [6.45, 7) is 0. The Kier molecular flexibility index (Phi) is 4.21. The molecule has 1 aromatic rings. The maximum Gasteiger partial charge on any atom is 0.354 e. The van der Waals surface area contributed by atoms with Crippen molar-refractivity contribution in [3.8, 4) is 0 Å². The van der Waals surface area contributed by atoms with Crippen LogP contribution in [0.15, 0.2) is 28.6 Å². The molecule has 0 N–H and O–H groups in total. The lowest BCUT2D eigenvalue weighted by atomic mass is 9.92. The second-order valence-corrected chi connectivity index (χ2v) is 6.33. The summed E-state index contributed by atoms with van der Waals surface area (Å²) in [6, 6.07) is 4.22. The average molecular weight is 385 g/mol. The molecule has 2 aliphatic rings. The van der Waals surface area contributed by atoms with Crippen molar-refractivity contribution in [2.24, 2.45) is 10.4 Å². The van der Waals surface area contributed by atoms with Crippen molar-refractivity contribution < 1.29 is 19.1 Å². The van der Waals surface area contributed by atoms with E-state index >= 15 is 0 Å². The van der Waals surface area contributed by atoms with Crippen molar-refractivity contribution in [2.75, 3.05) is 12.0 Å². The van der Waals surface area contributed by atoms with Gasteiger partial charge in [-0.2, -0.15) is 0 Å². The number of anilines is 1. The van der Waals surface area contributed by atoms with Crippen molar-refractivity contribution in [3.05, 3.63) is 33.2 Å². The van der Waals surface area contributed by atoms with Crippen molar-refractivity contribution in [2.45, 2.75) is 18.4 Å². The molecule has 130 valence electrons.